The van der Waals surface area contributed by atoms with Gasteiger partial charge in [0.25, 0.3) is 0 Å². The Morgan fingerprint density at radius 1 is 0.152 bits per heavy atom. The first-order chi connectivity index (χ1) is 15.0. The maximum Gasteiger partial charge on any atom is 0 e. The quantitative estimate of drug-likeness (QED) is 0.215. The molecule has 203 valence electrons. The molecule has 0 bridgehead atoms. The molecule has 0 aromatic carbocycles. The van der Waals surface area contributed by atoms with Crippen LogP contribution in [0.5, 0.6) is 0 Å². The van der Waals surface area contributed by atoms with Crippen molar-refractivity contribution in [3.63, 3.8) is 0 Å². The van der Waals surface area contributed by atoms with E-state index in [4.69, 9.17) is 0 Å². The first-order valence-electron chi connectivity index (χ1n) is 15.0. The summed E-state index contributed by atoms with van der Waals surface area (Å²) >= 11 is 0. The molecule has 1 radical (unpaired) electrons. The normalized spacial score (nSPS) is 21.8. The molecule has 6 aliphatic rings. The second-order valence-electron chi connectivity index (χ2n) is 10.6. The fraction of sp³-hybridized carbons (Fsp3) is 1.00. The van der Waals surface area contributed by atoms with E-state index in [0.29, 0.717) is 0 Å². The number of hydrogen-bond donors (Lipinski definition) is 0. The predicted octanol–water partition coefficient (Wildman–Crippen LogP) is 11.7. The average Bonchev–Trinajstić information content (AvgIpc) is 3.69. The molecule has 0 aromatic heterocycles. The van der Waals surface area contributed by atoms with Crippen molar-refractivity contribution in [3.05, 3.63) is 0 Å². The minimum atomic E-state index is 0. The fourth-order valence-electron chi connectivity index (χ4n) is 5.30. The van der Waals surface area contributed by atoms with Gasteiger partial charge in [-0.25, -0.2) is 0 Å². The van der Waals surface area contributed by atoms with E-state index in [0.717, 1.165) is 0 Å². The van der Waals surface area contributed by atoms with Crippen LogP contribution in [0, 0.1) is 0 Å². The van der Waals surface area contributed by atoms with Crippen molar-refractivity contribution in [1.29, 1.82) is 0 Å². The minimum Gasteiger partial charge on any atom is -0.0533 e. The molecular weight excluding hydrogens is 707 g/mol. The van der Waals surface area contributed by atoms with Gasteiger partial charge in [-0.2, -0.15) is 0 Å². The summed E-state index contributed by atoms with van der Waals surface area (Å²) in [6, 6.07) is 0. The van der Waals surface area contributed by atoms with Crippen molar-refractivity contribution < 1.29 is 56.3 Å². The van der Waals surface area contributed by atoms with Crippen LogP contribution in [0.4, 0.5) is 0 Å². The Kier molecular flexibility index (Phi) is 42.8. The first-order valence-corrected chi connectivity index (χ1v) is 15.0. The molecule has 6 fully saturated rings. The maximum absolute atomic E-state index is 1.50. The van der Waals surface area contributed by atoms with Crippen LogP contribution in [0.15, 0.2) is 0 Å². The van der Waals surface area contributed by atoms with Crippen molar-refractivity contribution >= 4 is 0 Å². The van der Waals surface area contributed by atoms with E-state index >= 15 is 0 Å². The van der Waals surface area contributed by atoms with Crippen molar-refractivity contribution in [2.45, 2.75) is 193 Å². The molecule has 33 heavy (non-hydrogen) atoms. The van der Waals surface area contributed by atoms with Crippen molar-refractivity contribution in [2.75, 3.05) is 0 Å². The van der Waals surface area contributed by atoms with Crippen LogP contribution >= 0.6 is 0 Å². The molecule has 0 nitrogen and oxygen atoms in total. The third kappa shape index (κ3) is 33.8. The monoisotopic (exact) mass is 769 g/mol. The summed E-state index contributed by atoms with van der Waals surface area (Å²) in [6.07, 6.45) is 45.0. The summed E-state index contributed by atoms with van der Waals surface area (Å²) in [5.74, 6) is 0. The van der Waals surface area contributed by atoms with Crippen LogP contribution in [0.25, 0.3) is 0 Å². The summed E-state index contributed by atoms with van der Waals surface area (Å²) in [5, 5.41) is 0. The van der Waals surface area contributed by atoms with Gasteiger partial charge >= 0.3 is 0 Å². The Morgan fingerprint density at radius 2 is 0.182 bits per heavy atom. The molecule has 0 aromatic rings. The zero-order valence-electron chi connectivity index (χ0n) is 22.3. The Labute approximate surface area is 247 Å². The summed E-state index contributed by atoms with van der Waals surface area (Å²) < 4.78 is 0. The topological polar surface area (TPSA) is 0 Å². The van der Waals surface area contributed by atoms with Gasteiger partial charge in [0.15, 0.2) is 0 Å². The molecule has 6 aliphatic carbocycles. The number of hydrogen-bond acceptors (Lipinski definition) is 0. The Hall–Kier alpha value is 1.78. The van der Waals surface area contributed by atoms with Gasteiger partial charge in [0, 0.05) is 56.3 Å². The van der Waals surface area contributed by atoms with E-state index in [9.17, 15) is 0 Å². The second-order valence-corrected chi connectivity index (χ2v) is 10.6. The molecule has 6 saturated carbocycles. The van der Waals surface area contributed by atoms with E-state index in [1.807, 2.05) is 0 Å². The zero-order valence-corrected chi connectivity index (χ0v) is 27.8. The van der Waals surface area contributed by atoms with E-state index in [1.165, 1.54) is 193 Å². The largest absolute Gasteiger partial charge is 0.0533 e. The second kappa shape index (κ2) is 35.9. The van der Waals surface area contributed by atoms with Gasteiger partial charge in [0.2, 0.25) is 0 Å². The summed E-state index contributed by atoms with van der Waals surface area (Å²) in [6.45, 7) is 0. The summed E-state index contributed by atoms with van der Waals surface area (Å²) in [4.78, 5) is 0. The first kappa shape index (κ1) is 39.3. The number of rotatable bonds is 0. The van der Waals surface area contributed by atoms with E-state index in [1.54, 1.807) is 0 Å². The SMILES string of the molecule is C1CCCC1.C1CCCC1.C1CCCC1.C1CCCC1.C1CCCC1.C1CCCC1.[Mn].[Os].[Ru]. The van der Waals surface area contributed by atoms with Gasteiger partial charge in [-0.1, -0.05) is 193 Å². The van der Waals surface area contributed by atoms with Gasteiger partial charge in [-0.05, 0) is 0 Å². The molecule has 6 rings (SSSR count). The molecule has 0 N–H and O–H groups in total. The van der Waals surface area contributed by atoms with Gasteiger partial charge in [0.05, 0.1) is 0 Å². The average molecular weight is 767 g/mol. The molecule has 0 unspecified atom stereocenters. The van der Waals surface area contributed by atoms with Crippen LogP contribution < -0.4 is 0 Å². The Morgan fingerprint density at radius 3 is 0.212 bits per heavy atom. The Balaban J connectivity index is -0.000000321. The zero-order chi connectivity index (χ0) is 21.2. The van der Waals surface area contributed by atoms with E-state index in [-0.39, 0.29) is 56.3 Å². The molecule has 0 spiro atoms. The van der Waals surface area contributed by atoms with Crippen molar-refractivity contribution in [1.82, 2.24) is 0 Å². The van der Waals surface area contributed by atoms with Crippen LogP contribution in [0.2, 0.25) is 0 Å². The smallest absolute Gasteiger partial charge is 0 e. The van der Waals surface area contributed by atoms with Crippen LogP contribution in [0.3, 0.4) is 0 Å². The molecule has 0 aliphatic heterocycles. The standard InChI is InChI=1S/6C5H10.Mn.Os.Ru/c6*1-2-4-5-3-1;;;/h6*1-5H2;;;. The molecule has 0 saturated heterocycles. The molecule has 3 heteroatoms. The predicted molar refractivity (Wildman–Crippen MR) is 139 cm³/mol. The minimum absolute atomic E-state index is 0. The molecule has 0 amide bonds. The maximum atomic E-state index is 1.50. The van der Waals surface area contributed by atoms with Crippen LogP contribution in [-0.2, 0) is 56.3 Å². The van der Waals surface area contributed by atoms with Crippen LogP contribution in [0.1, 0.15) is 193 Å². The molecular formula is C30H60MnOsRu. The van der Waals surface area contributed by atoms with Gasteiger partial charge < -0.3 is 0 Å². The van der Waals surface area contributed by atoms with E-state index in [2.05, 4.69) is 0 Å². The van der Waals surface area contributed by atoms with E-state index < -0.39 is 0 Å². The molecule has 0 atom stereocenters. The van der Waals surface area contributed by atoms with Gasteiger partial charge in [-0.15, -0.1) is 0 Å². The summed E-state index contributed by atoms with van der Waals surface area (Å²) in [7, 11) is 0. The van der Waals surface area contributed by atoms with Crippen molar-refractivity contribution in [3.8, 4) is 0 Å². The molecule has 0 heterocycles. The van der Waals surface area contributed by atoms with Crippen molar-refractivity contribution in [2.24, 2.45) is 0 Å². The Bertz CT molecular complexity index is 166. The van der Waals surface area contributed by atoms with Crippen LogP contribution in [-0.4, -0.2) is 0 Å². The fourth-order valence-corrected chi connectivity index (χ4v) is 5.30. The van der Waals surface area contributed by atoms with Gasteiger partial charge in [-0.3, -0.25) is 0 Å². The third-order valence-electron chi connectivity index (χ3n) is 7.50. The van der Waals surface area contributed by atoms with Gasteiger partial charge in [0.1, 0.15) is 0 Å². The third-order valence-corrected chi connectivity index (χ3v) is 7.50. The summed E-state index contributed by atoms with van der Waals surface area (Å²) in [5.41, 5.74) is 0.